The lowest BCUT2D eigenvalue weighted by Crippen LogP contribution is -2.26. The zero-order chi connectivity index (χ0) is 12.4. The van der Waals surface area contributed by atoms with E-state index in [4.69, 9.17) is 10.8 Å². The van der Waals surface area contributed by atoms with Crippen LogP contribution in [0.5, 0.6) is 0 Å². The summed E-state index contributed by atoms with van der Waals surface area (Å²) in [6, 6.07) is 3.66. The van der Waals surface area contributed by atoms with Crippen molar-refractivity contribution in [2.75, 3.05) is 0 Å². The van der Waals surface area contributed by atoms with Crippen LogP contribution in [0.4, 0.5) is 0 Å². The highest BCUT2D eigenvalue weighted by atomic mass is 16.4. The van der Waals surface area contributed by atoms with Gasteiger partial charge in [-0.1, -0.05) is 6.07 Å². The molecule has 0 aliphatic heterocycles. The average Bonchev–Trinajstić information content (AvgIpc) is 2.64. The first kappa shape index (κ1) is 11.6. The summed E-state index contributed by atoms with van der Waals surface area (Å²) in [5.74, 6) is -0.862. The molecule has 0 radical (unpaired) electrons. The highest BCUT2D eigenvalue weighted by Crippen LogP contribution is 2.19. The number of nitrogens with two attached hydrogens (primary N) is 1. The molecule has 0 aliphatic rings. The van der Waals surface area contributed by atoms with E-state index in [1.165, 1.54) is 0 Å². The molecule has 1 aromatic heterocycles. The van der Waals surface area contributed by atoms with Crippen LogP contribution in [0.1, 0.15) is 17.5 Å². The van der Waals surface area contributed by atoms with Gasteiger partial charge in [-0.3, -0.25) is 9.89 Å². The number of carboxylic acid groups (broad SMARTS) is 1. The van der Waals surface area contributed by atoms with E-state index in [1.807, 2.05) is 19.1 Å². The van der Waals surface area contributed by atoms with Gasteiger partial charge in [-0.2, -0.15) is 5.10 Å². The number of carbonyl (C=O) groups is 1. The molecule has 90 valence electrons. The monoisotopic (exact) mass is 233 g/mol. The number of aliphatic carboxylic acids is 1. The summed E-state index contributed by atoms with van der Waals surface area (Å²) in [7, 11) is 0. The number of nitrogens with zero attached hydrogens (tertiary/aromatic N) is 1. The molecule has 1 aromatic carbocycles. The van der Waals surface area contributed by atoms with Crippen molar-refractivity contribution < 1.29 is 9.90 Å². The first-order chi connectivity index (χ1) is 8.06. The van der Waals surface area contributed by atoms with E-state index in [9.17, 15) is 4.79 Å². The molecular formula is C12H15N3O2. The summed E-state index contributed by atoms with van der Waals surface area (Å²) in [5.41, 5.74) is 8.93. The topological polar surface area (TPSA) is 92.0 Å². The first-order valence-electron chi connectivity index (χ1n) is 5.46. The largest absolute Gasteiger partial charge is 0.481 e. The van der Waals surface area contributed by atoms with Crippen LogP contribution in [0, 0.1) is 6.92 Å². The van der Waals surface area contributed by atoms with Crippen molar-refractivity contribution in [2.45, 2.75) is 25.8 Å². The number of hydrogen-bond donors (Lipinski definition) is 3. The molecular weight excluding hydrogens is 218 g/mol. The van der Waals surface area contributed by atoms with Crippen LogP contribution < -0.4 is 5.73 Å². The fraction of sp³-hybridized carbons (Fsp3) is 0.333. The zero-order valence-corrected chi connectivity index (χ0v) is 9.60. The van der Waals surface area contributed by atoms with E-state index < -0.39 is 5.97 Å². The van der Waals surface area contributed by atoms with Crippen molar-refractivity contribution in [2.24, 2.45) is 5.73 Å². The smallest absolute Gasteiger partial charge is 0.304 e. The van der Waals surface area contributed by atoms with Crippen LogP contribution in [-0.4, -0.2) is 27.3 Å². The maximum Gasteiger partial charge on any atom is 0.304 e. The van der Waals surface area contributed by atoms with Gasteiger partial charge in [0.05, 0.1) is 18.1 Å². The van der Waals surface area contributed by atoms with Gasteiger partial charge in [-0.05, 0) is 30.5 Å². The Balaban J connectivity index is 2.21. The third-order valence-electron chi connectivity index (χ3n) is 2.74. The number of carboxylic acids is 1. The van der Waals surface area contributed by atoms with Gasteiger partial charge in [-0.15, -0.1) is 0 Å². The van der Waals surface area contributed by atoms with Gasteiger partial charge < -0.3 is 10.8 Å². The predicted octanol–water partition coefficient (Wildman–Crippen LogP) is 1.22. The lowest BCUT2D eigenvalue weighted by Gasteiger charge is -2.09. The lowest BCUT2D eigenvalue weighted by molar-refractivity contribution is -0.137. The summed E-state index contributed by atoms with van der Waals surface area (Å²) in [5, 5.41) is 16.6. The van der Waals surface area contributed by atoms with Crippen molar-refractivity contribution in [3.8, 4) is 0 Å². The van der Waals surface area contributed by atoms with Crippen molar-refractivity contribution in [3.05, 3.63) is 29.5 Å². The number of nitrogens with one attached hydrogen (secondary N) is 1. The predicted molar refractivity (Wildman–Crippen MR) is 64.8 cm³/mol. The van der Waals surface area contributed by atoms with Gasteiger partial charge in [0.25, 0.3) is 0 Å². The van der Waals surface area contributed by atoms with Gasteiger partial charge >= 0.3 is 5.97 Å². The highest BCUT2D eigenvalue weighted by molar-refractivity contribution is 5.81. The Kier molecular flexibility index (Phi) is 3.10. The second kappa shape index (κ2) is 4.55. The van der Waals surface area contributed by atoms with Crippen molar-refractivity contribution in [1.29, 1.82) is 0 Å². The van der Waals surface area contributed by atoms with Crippen LogP contribution in [0.15, 0.2) is 18.3 Å². The van der Waals surface area contributed by atoms with E-state index in [0.29, 0.717) is 6.42 Å². The standard InChI is InChI=1S/C12H15N3O2/c1-7-2-8(4-10(13)5-11(16)17)3-9-6-14-15-12(7)9/h2-3,6,10H,4-5,13H2,1H3,(H,14,15)(H,16,17). The molecule has 17 heavy (non-hydrogen) atoms. The Morgan fingerprint density at radius 3 is 3.06 bits per heavy atom. The third kappa shape index (κ3) is 2.62. The normalized spacial score (nSPS) is 12.8. The molecule has 0 saturated heterocycles. The highest BCUT2D eigenvalue weighted by Gasteiger charge is 2.10. The molecule has 0 amide bonds. The maximum absolute atomic E-state index is 10.5. The van der Waals surface area contributed by atoms with Crippen LogP contribution in [0.25, 0.3) is 10.9 Å². The van der Waals surface area contributed by atoms with Gasteiger partial charge in [-0.25, -0.2) is 0 Å². The third-order valence-corrected chi connectivity index (χ3v) is 2.74. The van der Waals surface area contributed by atoms with Gasteiger partial charge in [0.2, 0.25) is 0 Å². The Hall–Kier alpha value is -1.88. The van der Waals surface area contributed by atoms with E-state index in [1.54, 1.807) is 6.20 Å². The zero-order valence-electron chi connectivity index (χ0n) is 9.60. The molecule has 4 N–H and O–H groups in total. The van der Waals surface area contributed by atoms with E-state index >= 15 is 0 Å². The minimum Gasteiger partial charge on any atom is -0.481 e. The number of H-pyrrole nitrogens is 1. The number of aromatic amines is 1. The van der Waals surface area contributed by atoms with Crippen LogP contribution in [0.2, 0.25) is 0 Å². The second-order valence-electron chi connectivity index (χ2n) is 4.31. The number of aryl methyl sites for hydroxylation is 1. The summed E-state index contributed by atoms with van der Waals surface area (Å²) < 4.78 is 0. The summed E-state index contributed by atoms with van der Waals surface area (Å²) >= 11 is 0. The Morgan fingerprint density at radius 1 is 1.59 bits per heavy atom. The number of rotatable bonds is 4. The van der Waals surface area contributed by atoms with Gasteiger partial charge in [0.15, 0.2) is 0 Å². The second-order valence-corrected chi connectivity index (χ2v) is 4.31. The Morgan fingerprint density at radius 2 is 2.35 bits per heavy atom. The van der Waals surface area contributed by atoms with Gasteiger partial charge in [0, 0.05) is 11.4 Å². The first-order valence-corrected chi connectivity index (χ1v) is 5.46. The minimum atomic E-state index is -0.862. The summed E-state index contributed by atoms with van der Waals surface area (Å²) in [6.07, 6.45) is 2.31. The molecule has 1 atom stereocenters. The van der Waals surface area contributed by atoms with E-state index in [-0.39, 0.29) is 12.5 Å². The molecule has 0 saturated carbocycles. The average molecular weight is 233 g/mol. The fourth-order valence-electron chi connectivity index (χ4n) is 2.03. The number of benzene rings is 1. The van der Waals surface area contributed by atoms with Crippen molar-refractivity contribution in [1.82, 2.24) is 10.2 Å². The van der Waals surface area contributed by atoms with E-state index in [2.05, 4.69) is 10.2 Å². The molecule has 1 unspecified atom stereocenters. The van der Waals surface area contributed by atoms with Crippen LogP contribution in [-0.2, 0) is 11.2 Å². The summed E-state index contributed by atoms with van der Waals surface area (Å²) in [4.78, 5) is 10.5. The quantitative estimate of drug-likeness (QED) is 0.740. The number of hydrogen-bond acceptors (Lipinski definition) is 3. The minimum absolute atomic E-state index is 0.0114. The molecule has 0 spiro atoms. The molecule has 5 heteroatoms. The van der Waals surface area contributed by atoms with Crippen molar-refractivity contribution in [3.63, 3.8) is 0 Å². The Bertz CT molecular complexity index is 548. The SMILES string of the molecule is Cc1cc(CC(N)CC(=O)O)cc2cn[nH]c12. The van der Waals surface area contributed by atoms with Crippen molar-refractivity contribution >= 4 is 16.9 Å². The Labute approximate surface area is 98.6 Å². The summed E-state index contributed by atoms with van der Waals surface area (Å²) in [6.45, 7) is 1.99. The fourth-order valence-corrected chi connectivity index (χ4v) is 2.03. The van der Waals surface area contributed by atoms with Crippen LogP contribution >= 0.6 is 0 Å². The number of fused-ring (bicyclic) bond motifs is 1. The molecule has 0 bridgehead atoms. The number of aromatic nitrogens is 2. The van der Waals surface area contributed by atoms with Crippen LogP contribution in [0.3, 0.4) is 0 Å². The van der Waals surface area contributed by atoms with Gasteiger partial charge in [0.1, 0.15) is 0 Å². The molecule has 5 nitrogen and oxygen atoms in total. The molecule has 2 aromatic rings. The lowest BCUT2D eigenvalue weighted by atomic mass is 10.0. The maximum atomic E-state index is 10.5. The molecule has 0 aliphatic carbocycles. The molecule has 2 rings (SSSR count). The molecule has 0 fully saturated rings. The van der Waals surface area contributed by atoms with E-state index in [0.717, 1.165) is 22.0 Å². The molecule has 1 heterocycles.